The van der Waals surface area contributed by atoms with Crippen LogP contribution in [0.2, 0.25) is 0 Å². The predicted molar refractivity (Wildman–Crippen MR) is 107 cm³/mol. The van der Waals surface area contributed by atoms with Crippen LogP contribution in [0.25, 0.3) is 0 Å². The van der Waals surface area contributed by atoms with Crippen molar-refractivity contribution in [2.24, 2.45) is 0 Å². The Kier molecular flexibility index (Phi) is 94.1. The average molecular weight is 297 g/mol. The van der Waals surface area contributed by atoms with Crippen molar-refractivity contribution in [1.82, 2.24) is 0 Å². The molecule has 0 bridgehead atoms. The van der Waals surface area contributed by atoms with E-state index in [1.54, 1.807) is 18.2 Å². The summed E-state index contributed by atoms with van der Waals surface area (Å²) in [6.07, 6.45) is 16.7. The van der Waals surface area contributed by atoms with Crippen LogP contribution >= 0.6 is 0 Å². The van der Waals surface area contributed by atoms with Crippen LogP contribution in [0.3, 0.4) is 0 Å². The average Bonchev–Trinajstić information content (AvgIpc) is 2.47. The van der Waals surface area contributed by atoms with Crippen LogP contribution in [-0.4, -0.2) is 0 Å². The van der Waals surface area contributed by atoms with Gasteiger partial charge in [0.1, 0.15) is 0 Å². The lowest BCUT2D eigenvalue weighted by molar-refractivity contribution is 0.585. The van der Waals surface area contributed by atoms with E-state index in [-0.39, 0.29) is 0 Å². The molecule has 0 aliphatic heterocycles. The third-order valence-electron chi connectivity index (χ3n) is 1.96. The summed E-state index contributed by atoms with van der Waals surface area (Å²) in [5, 5.41) is 0. The molecule has 0 fully saturated rings. The SMILES string of the molecule is C=C.C=CC.C=CC.C=CC.CCCCCCCCCC. The molecule has 0 saturated heterocycles. The Hall–Kier alpha value is -1.04. The third kappa shape index (κ3) is 154. The Morgan fingerprint density at radius 3 is 0.810 bits per heavy atom. The van der Waals surface area contributed by atoms with Crippen molar-refractivity contribution < 1.29 is 0 Å². The number of allylic oxidation sites excluding steroid dienone is 3. The van der Waals surface area contributed by atoms with Crippen molar-refractivity contribution in [2.45, 2.75) is 86.0 Å². The summed E-state index contributed by atoms with van der Waals surface area (Å²) in [5.41, 5.74) is 0. The first-order chi connectivity index (χ1) is 10.2. The van der Waals surface area contributed by atoms with E-state index in [4.69, 9.17) is 0 Å². The van der Waals surface area contributed by atoms with Crippen LogP contribution in [-0.2, 0) is 0 Å². The number of hydrogen-bond acceptors (Lipinski definition) is 0. The van der Waals surface area contributed by atoms with E-state index < -0.39 is 0 Å². The van der Waals surface area contributed by atoms with E-state index in [0.29, 0.717) is 0 Å². The van der Waals surface area contributed by atoms with Gasteiger partial charge >= 0.3 is 0 Å². The van der Waals surface area contributed by atoms with E-state index in [1.165, 1.54) is 51.4 Å². The monoisotopic (exact) mass is 296 g/mol. The fraction of sp³-hybridized carbons (Fsp3) is 0.619. The molecule has 0 unspecified atom stereocenters. The molecule has 0 amide bonds. The van der Waals surface area contributed by atoms with E-state index in [9.17, 15) is 0 Å². The highest BCUT2D eigenvalue weighted by molar-refractivity contribution is 4.52. The molecule has 128 valence electrons. The first-order valence-electron chi connectivity index (χ1n) is 8.37. The molecule has 0 aromatic rings. The van der Waals surface area contributed by atoms with E-state index in [0.717, 1.165) is 0 Å². The smallest absolute Gasteiger partial charge is 0.0473 e. The van der Waals surface area contributed by atoms with Crippen molar-refractivity contribution in [2.75, 3.05) is 0 Å². The van der Waals surface area contributed by atoms with Gasteiger partial charge in [-0.2, -0.15) is 0 Å². The van der Waals surface area contributed by atoms with Crippen LogP contribution in [0.5, 0.6) is 0 Å². The molecule has 0 atom stereocenters. The summed E-state index contributed by atoms with van der Waals surface area (Å²) in [7, 11) is 0. The van der Waals surface area contributed by atoms with Gasteiger partial charge in [0.15, 0.2) is 0 Å². The predicted octanol–water partition coefficient (Wildman–Crippen LogP) is 8.53. The van der Waals surface area contributed by atoms with Gasteiger partial charge < -0.3 is 0 Å². The lowest BCUT2D eigenvalue weighted by Gasteiger charge is -1.97. The highest BCUT2D eigenvalue weighted by Gasteiger charge is 1.87. The van der Waals surface area contributed by atoms with Gasteiger partial charge in [-0.15, -0.1) is 32.9 Å². The van der Waals surface area contributed by atoms with Crippen LogP contribution in [0.15, 0.2) is 51.1 Å². The quantitative estimate of drug-likeness (QED) is 0.326. The molecule has 0 nitrogen and oxygen atoms in total. The molecule has 0 radical (unpaired) electrons. The summed E-state index contributed by atoms with van der Waals surface area (Å²) in [5.74, 6) is 0. The van der Waals surface area contributed by atoms with Crippen molar-refractivity contribution in [3.63, 3.8) is 0 Å². The van der Waals surface area contributed by atoms with Crippen LogP contribution in [0.4, 0.5) is 0 Å². The summed E-state index contributed by atoms with van der Waals surface area (Å²) in [6.45, 7) is 26.3. The molecular weight excluding hydrogens is 252 g/mol. The van der Waals surface area contributed by atoms with Gasteiger partial charge in [-0.05, 0) is 20.8 Å². The molecule has 0 aromatic heterocycles. The number of rotatable bonds is 7. The molecule has 0 aliphatic rings. The lowest BCUT2D eigenvalue weighted by atomic mass is 10.1. The second kappa shape index (κ2) is 61.6. The first kappa shape index (κ1) is 32.1. The molecule has 0 spiro atoms. The minimum atomic E-state index is 1.37. The molecule has 0 aliphatic carbocycles. The Labute approximate surface area is 137 Å². The maximum Gasteiger partial charge on any atom is -0.0473 e. The van der Waals surface area contributed by atoms with E-state index >= 15 is 0 Å². The van der Waals surface area contributed by atoms with Gasteiger partial charge in [0.2, 0.25) is 0 Å². The van der Waals surface area contributed by atoms with Crippen molar-refractivity contribution in [1.29, 1.82) is 0 Å². The largest absolute Gasteiger partial charge is 0.106 e. The normalized spacial score (nSPS) is 6.90. The molecule has 0 heterocycles. The summed E-state index contributed by atoms with van der Waals surface area (Å²) in [6, 6.07) is 0. The van der Waals surface area contributed by atoms with Crippen LogP contribution < -0.4 is 0 Å². The Morgan fingerprint density at radius 1 is 0.524 bits per heavy atom. The lowest BCUT2D eigenvalue weighted by Crippen LogP contribution is -1.77. The van der Waals surface area contributed by atoms with Crippen molar-refractivity contribution in [3.05, 3.63) is 51.1 Å². The fourth-order valence-corrected chi connectivity index (χ4v) is 1.21. The zero-order chi connectivity index (χ0) is 17.8. The molecule has 0 aromatic carbocycles. The highest BCUT2D eigenvalue weighted by Crippen LogP contribution is 2.07. The molecule has 0 rings (SSSR count). The minimum Gasteiger partial charge on any atom is -0.106 e. The topological polar surface area (TPSA) is 0 Å². The molecule has 21 heavy (non-hydrogen) atoms. The fourth-order valence-electron chi connectivity index (χ4n) is 1.21. The van der Waals surface area contributed by atoms with Crippen LogP contribution in [0.1, 0.15) is 86.0 Å². The standard InChI is InChI=1S/C10H22.3C3H6.C2H4/c1-3-5-7-9-10-8-6-4-2;3*1-3-2;1-2/h3-10H2,1-2H3;3*3H,1H2,2H3;1-2H2. The van der Waals surface area contributed by atoms with Gasteiger partial charge in [0, 0.05) is 0 Å². The van der Waals surface area contributed by atoms with Gasteiger partial charge in [0.25, 0.3) is 0 Å². The van der Waals surface area contributed by atoms with Crippen molar-refractivity contribution in [3.8, 4) is 0 Å². The Morgan fingerprint density at radius 2 is 0.667 bits per heavy atom. The molecule has 0 saturated carbocycles. The summed E-state index contributed by atoms with van der Waals surface area (Å²) in [4.78, 5) is 0. The Balaban J connectivity index is -0.0000000642. The van der Waals surface area contributed by atoms with Gasteiger partial charge in [0.05, 0.1) is 0 Å². The molecule has 0 N–H and O–H groups in total. The van der Waals surface area contributed by atoms with Crippen LogP contribution in [0, 0.1) is 0 Å². The van der Waals surface area contributed by atoms with Gasteiger partial charge in [-0.3, -0.25) is 0 Å². The zero-order valence-corrected chi connectivity index (χ0v) is 15.9. The Bertz CT molecular complexity index is 122. The maximum atomic E-state index is 3.36. The first-order valence-corrected chi connectivity index (χ1v) is 8.37. The minimum absolute atomic E-state index is 1.37. The third-order valence-corrected chi connectivity index (χ3v) is 1.96. The van der Waals surface area contributed by atoms with Crippen molar-refractivity contribution >= 4 is 0 Å². The number of unbranched alkanes of at least 4 members (excludes halogenated alkanes) is 7. The molecular formula is C21H44. The second-order valence-corrected chi connectivity index (χ2v) is 4.35. The summed E-state index contributed by atoms with van der Waals surface area (Å²) < 4.78 is 0. The van der Waals surface area contributed by atoms with E-state index in [2.05, 4.69) is 46.7 Å². The second-order valence-electron chi connectivity index (χ2n) is 4.35. The summed E-state index contributed by atoms with van der Waals surface area (Å²) >= 11 is 0. The van der Waals surface area contributed by atoms with Gasteiger partial charge in [-0.1, -0.05) is 83.4 Å². The zero-order valence-electron chi connectivity index (χ0n) is 15.9. The highest BCUT2D eigenvalue weighted by atomic mass is 13.9. The van der Waals surface area contributed by atoms with Gasteiger partial charge in [-0.25, -0.2) is 0 Å². The molecule has 0 heteroatoms. The van der Waals surface area contributed by atoms with E-state index in [1.807, 2.05) is 20.8 Å². The maximum absolute atomic E-state index is 3.36. The number of hydrogen-bond donors (Lipinski definition) is 0.